The standard InChI is InChI=1S/C10H9Cl2N3O3S/c1-19(17,18)14-9(16)3-7-5-15-4-6(11)2-8(12)10(15)13-7/h2,4-5H,3H2,1H3,(H,14,16). The lowest BCUT2D eigenvalue weighted by molar-refractivity contribution is -0.118. The highest BCUT2D eigenvalue weighted by molar-refractivity contribution is 7.89. The number of nitrogens with one attached hydrogen (secondary N) is 1. The van der Waals surface area contributed by atoms with Crippen molar-refractivity contribution in [3.8, 4) is 0 Å². The molecule has 0 aromatic carbocycles. The Bertz CT molecular complexity index is 755. The highest BCUT2D eigenvalue weighted by atomic mass is 35.5. The van der Waals surface area contributed by atoms with Gasteiger partial charge >= 0.3 is 0 Å². The molecule has 6 nitrogen and oxygen atoms in total. The quantitative estimate of drug-likeness (QED) is 0.922. The van der Waals surface area contributed by atoms with Crippen molar-refractivity contribution in [2.24, 2.45) is 0 Å². The zero-order valence-electron chi connectivity index (χ0n) is 9.72. The van der Waals surface area contributed by atoms with Crippen LogP contribution in [0.2, 0.25) is 10.0 Å². The molecular formula is C10H9Cl2N3O3S. The third-order valence-corrected chi connectivity index (χ3v) is 3.25. The fourth-order valence-corrected chi connectivity index (χ4v) is 2.58. The molecule has 0 fully saturated rings. The van der Waals surface area contributed by atoms with Crippen LogP contribution in [0, 0.1) is 0 Å². The van der Waals surface area contributed by atoms with Crippen molar-refractivity contribution in [3.63, 3.8) is 0 Å². The molecule has 102 valence electrons. The summed E-state index contributed by atoms with van der Waals surface area (Å²) in [4.78, 5) is 15.6. The molecular weight excluding hydrogens is 313 g/mol. The molecule has 2 aromatic rings. The molecule has 0 radical (unpaired) electrons. The summed E-state index contributed by atoms with van der Waals surface area (Å²) in [6.45, 7) is 0. The molecule has 1 N–H and O–H groups in total. The summed E-state index contributed by atoms with van der Waals surface area (Å²) in [7, 11) is -3.57. The second-order valence-corrected chi connectivity index (χ2v) is 6.54. The Kier molecular flexibility index (Phi) is 3.71. The van der Waals surface area contributed by atoms with Crippen molar-refractivity contribution >= 4 is 44.8 Å². The van der Waals surface area contributed by atoms with E-state index >= 15 is 0 Å². The van der Waals surface area contributed by atoms with Crippen molar-refractivity contribution in [2.75, 3.05) is 6.26 Å². The van der Waals surface area contributed by atoms with Gasteiger partial charge in [-0.2, -0.15) is 0 Å². The lowest BCUT2D eigenvalue weighted by Crippen LogP contribution is -2.30. The summed E-state index contributed by atoms with van der Waals surface area (Å²) >= 11 is 11.8. The number of rotatable bonds is 3. The minimum Gasteiger partial charge on any atom is -0.304 e. The van der Waals surface area contributed by atoms with Gasteiger partial charge in [0.25, 0.3) is 0 Å². The Morgan fingerprint density at radius 3 is 2.74 bits per heavy atom. The molecule has 0 aliphatic heterocycles. The molecule has 0 saturated heterocycles. The summed E-state index contributed by atoms with van der Waals surface area (Å²) in [5.41, 5.74) is 0.846. The van der Waals surface area contributed by atoms with Crippen LogP contribution in [-0.2, 0) is 21.2 Å². The number of carbonyl (C=O) groups is 1. The fourth-order valence-electron chi connectivity index (χ4n) is 1.57. The molecule has 1 amide bonds. The van der Waals surface area contributed by atoms with E-state index < -0.39 is 15.9 Å². The van der Waals surface area contributed by atoms with Gasteiger partial charge in [0.15, 0.2) is 5.65 Å². The number of halogens is 2. The molecule has 9 heteroatoms. The largest absolute Gasteiger partial charge is 0.304 e. The Morgan fingerprint density at radius 2 is 2.11 bits per heavy atom. The molecule has 0 saturated carbocycles. The van der Waals surface area contributed by atoms with Crippen LogP contribution in [0.1, 0.15) is 5.69 Å². The topological polar surface area (TPSA) is 80.5 Å². The summed E-state index contributed by atoms with van der Waals surface area (Å²) < 4.78 is 25.3. The Labute approximate surface area is 119 Å². The van der Waals surface area contributed by atoms with E-state index in [1.807, 2.05) is 4.72 Å². The Balaban J connectivity index is 2.27. The van der Waals surface area contributed by atoms with Crippen LogP contribution in [0.3, 0.4) is 0 Å². The number of hydrogen-bond donors (Lipinski definition) is 1. The van der Waals surface area contributed by atoms with E-state index in [0.717, 1.165) is 6.26 Å². The maximum atomic E-state index is 11.5. The minimum absolute atomic E-state index is 0.164. The van der Waals surface area contributed by atoms with Crippen LogP contribution < -0.4 is 4.72 Å². The first-order chi connectivity index (χ1) is 8.74. The maximum Gasteiger partial charge on any atom is 0.239 e. The van der Waals surface area contributed by atoms with E-state index in [0.29, 0.717) is 21.4 Å². The third-order valence-electron chi connectivity index (χ3n) is 2.16. The lowest BCUT2D eigenvalue weighted by Gasteiger charge is -1.99. The van der Waals surface area contributed by atoms with Crippen molar-refractivity contribution in [1.29, 1.82) is 0 Å². The average Bonchev–Trinajstić information content (AvgIpc) is 2.56. The normalized spacial score (nSPS) is 11.7. The van der Waals surface area contributed by atoms with Crippen LogP contribution in [-0.4, -0.2) is 30.0 Å². The molecule has 0 spiro atoms. The number of imidazole rings is 1. The van der Waals surface area contributed by atoms with Gasteiger partial charge in [-0.05, 0) is 6.07 Å². The van der Waals surface area contributed by atoms with Gasteiger partial charge in [-0.15, -0.1) is 0 Å². The SMILES string of the molecule is CS(=O)(=O)NC(=O)Cc1cn2cc(Cl)cc(Cl)c2n1. The predicted molar refractivity (Wildman–Crippen MR) is 71.9 cm³/mol. The molecule has 0 aliphatic rings. The van der Waals surface area contributed by atoms with Gasteiger partial charge in [-0.3, -0.25) is 9.52 Å². The molecule has 2 rings (SSSR count). The highest BCUT2D eigenvalue weighted by Crippen LogP contribution is 2.21. The van der Waals surface area contributed by atoms with Crippen LogP contribution in [0.5, 0.6) is 0 Å². The van der Waals surface area contributed by atoms with Crippen molar-refractivity contribution < 1.29 is 13.2 Å². The van der Waals surface area contributed by atoms with Crippen molar-refractivity contribution in [1.82, 2.24) is 14.1 Å². The number of amides is 1. The number of aromatic nitrogens is 2. The highest BCUT2D eigenvalue weighted by Gasteiger charge is 2.13. The maximum absolute atomic E-state index is 11.5. The molecule has 19 heavy (non-hydrogen) atoms. The van der Waals surface area contributed by atoms with Gasteiger partial charge in [-0.25, -0.2) is 13.4 Å². The van der Waals surface area contributed by atoms with Gasteiger partial charge < -0.3 is 4.40 Å². The van der Waals surface area contributed by atoms with Crippen LogP contribution in [0.4, 0.5) is 0 Å². The summed E-state index contributed by atoms with van der Waals surface area (Å²) in [6, 6.07) is 1.53. The molecule has 2 heterocycles. The van der Waals surface area contributed by atoms with Gasteiger partial charge in [-0.1, -0.05) is 23.2 Å². The van der Waals surface area contributed by atoms with Crippen molar-refractivity contribution in [2.45, 2.75) is 6.42 Å². The monoisotopic (exact) mass is 321 g/mol. The van der Waals surface area contributed by atoms with Gasteiger partial charge in [0.2, 0.25) is 15.9 Å². The first-order valence-corrected chi connectivity index (χ1v) is 7.72. The number of nitrogens with zero attached hydrogens (tertiary/aromatic N) is 2. The van der Waals surface area contributed by atoms with Crippen molar-refractivity contribution in [3.05, 3.63) is 34.2 Å². The van der Waals surface area contributed by atoms with Gasteiger partial charge in [0, 0.05) is 12.4 Å². The van der Waals surface area contributed by atoms with Crippen LogP contribution in [0.25, 0.3) is 5.65 Å². The van der Waals surface area contributed by atoms with E-state index in [9.17, 15) is 13.2 Å². The third kappa shape index (κ3) is 3.59. The van der Waals surface area contributed by atoms with Crippen LogP contribution >= 0.6 is 23.2 Å². The van der Waals surface area contributed by atoms with E-state index in [1.165, 1.54) is 6.07 Å². The Hall–Kier alpha value is -1.31. The minimum atomic E-state index is -3.57. The number of fused-ring (bicyclic) bond motifs is 1. The first-order valence-electron chi connectivity index (χ1n) is 5.08. The lowest BCUT2D eigenvalue weighted by atomic mass is 10.3. The number of hydrogen-bond acceptors (Lipinski definition) is 4. The zero-order chi connectivity index (χ0) is 14.2. The number of carbonyl (C=O) groups excluding carboxylic acids is 1. The van der Waals surface area contributed by atoms with Crippen LogP contribution in [0.15, 0.2) is 18.5 Å². The average molecular weight is 322 g/mol. The molecule has 0 atom stereocenters. The molecule has 0 bridgehead atoms. The first kappa shape index (κ1) is 14.1. The smallest absolute Gasteiger partial charge is 0.239 e. The predicted octanol–water partition coefficient (Wildman–Crippen LogP) is 1.26. The molecule has 0 aliphatic carbocycles. The number of pyridine rings is 1. The van der Waals surface area contributed by atoms with Gasteiger partial charge in [0.05, 0.1) is 28.4 Å². The van der Waals surface area contributed by atoms with E-state index in [1.54, 1.807) is 16.8 Å². The van der Waals surface area contributed by atoms with Gasteiger partial charge in [0.1, 0.15) is 0 Å². The zero-order valence-corrected chi connectivity index (χ0v) is 12.1. The fraction of sp³-hybridized carbons (Fsp3) is 0.200. The van der Waals surface area contributed by atoms with E-state index in [2.05, 4.69) is 4.98 Å². The van der Waals surface area contributed by atoms with E-state index in [4.69, 9.17) is 23.2 Å². The molecule has 0 unspecified atom stereocenters. The second-order valence-electron chi connectivity index (χ2n) is 3.94. The second kappa shape index (κ2) is 4.99. The Morgan fingerprint density at radius 1 is 1.42 bits per heavy atom. The summed E-state index contributed by atoms with van der Waals surface area (Å²) in [5.74, 6) is -0.659. The number of sulfonamides is 1. The van der Waals surface area contributed by atoms with E-state index in [-0.39, 0.29) is 6.42 Å². The molecule has 2 aromatic heterocycles. The summed E-state index contributed by atoms with van der Waals surface area (Å²) in [6.07, 6.45) is 3.90. The summed E-state index contributed by atoms with van der Waals surface area (Å²) in [5, 5.41) is 0.782.